The van der Waals surface area contributed by atoms with Gasteiger partial charge in [0.2, 0.25) is 5.95 Å². The van der Waals surface area contributed by atoms with Gasteiger partial charge in [0, 0.05) is 35.6 Å². The molecule has 2 aromatic carbocycles. The number of anilines is 3. The van der Waals surface area contributed by atoms with Gasteiger partial charge in [-0.15, -0.1) is 0 Å². The fourth-order valence-electron chi connectivity index (χ4n) is 3.61. The van der Waals surface area contributed by atoms with E-state index in [9.17, 15) is 5.11 Å². The molecule has 2 N–H and O–H groups in total. The molecule has 0 saturated heterocycles. The van der Waals surface area contributed by atoms with Gasteiger partial charge in [-0.05, 0) is 54.7 Å². The Kier molecular flexibility index (Phi) is 5.69. The van der Waals surface area contributed by atoms with Crippen LogP contribution in [0.25, 0.3) is 0 Å². The minimum atomic E-state index is -0.438. The molecule has 1 atom stereocenters. The van der Waals surface area contributed by atoms with Crippen LogP contribution < -0.4 is 10.2 Å². The highest BCUT2D eigenvalue weighted by Gasteiger charge is 2.20. The highest BCUT2D eigenvalue weighted by atomic mass is 35.5. The number of aliphatic hydroxyl groups excluding tert-OH is 1. The molecule has 6 heteroatoms. The van der Waals surface area contributed by atoms with E-state index in [0.717, 1.165) is 48.7 Å². The van der Waals surface area contributed by atoms with E-state index in [0.29, 0.717) is 11.0 Å². The number of aromatic nitrogens is 2. The molecule has 5 nitrogen and oxygen atoms in total. The Balaban J connectivity index is 1.59. The Labute approximate surface area is 176 Å². The maximum absolute atomic E-state index is 9.84. The van der Waals surface area contributed by atoms with Crippen LogP contribution in [0.4, 0.5) is 17.5 Å². The van der Waals surface area contributed by atoms with E-state index in [-0.39, 0.29) is 0 Å². The molecule has 0 fully saturated rings. The van der Waals surface area contributed by atoms with Crippen LogP contribution in [0.15, 0.2) is 48.5 Å². The summed E-state index contributed by atoms with van der Waals surface area (Å²) >= 11 is 6.10. The molecule has 29 heavy (non-hydrogen) atoms. The third-order valence-corrected chi connectivity index (χ3v) is 5.49. The molecule has 150 valence electrons. The average Bonchev–Trinajstić information content (AvgIpc) is 2.72. The summed E-state index contributed by atoms with van der Waals surface area (Å²) in [6, 6.07) is 15.9. The summed E-state index contributed by atoms with van der Waals surface area (Å²) in [5, 5.41) is 13.8. The molecule has 0 amide bonds. The van der Waals surface area contributed by atoms with Gasteiger partial charge in [-0.1, -0.05) is 42.8 Å². The summed E-state index contributed by atoms with van der Waals surface area (Å²) in [7, 11) is 0. The van der Waals surface area contributed by atoms with Gasteiger partial charge >= 0.3 is 0 Å². The Morgan fingerprint density at radius 1 is 1.14 bits per heavy atom. The van der Waals surface area contributed by atoms with Crippen molar-refractivity contribution in [1.82, 2.24) is 9.97 Å². The lowest BCUT2D eigenvalue weighted by molar-refractivity contribution is 0.199. The second-order valence-corrected chi connectivity index (χ2v) is 7.84. The molecule has 0 aliphatic carbocycles. The lowest BCUT2D eigenvalue weighted by atomic mass is 9.96. The molecular formula is C23H25ClN4O. The zero-order valence-corrected chi connectivity index (χ0v) is 17.4. The van der Waals surface area contributed by atoms with Crippen molar-refractivity contribution in [1.29, 1.82) is 0 Å². The van der Waals surface area contributed by atoms with Gasteiger partial charge in [0.15, 0.2) is 0 Å². The quantitative estimate of drug-likeness (QED) is 0.618. The predicted molar refractivity (Wildman–Crippen MR) is 118 cm³/mol. The normalized spacial score (nSPS) is 14.4. The van der Waals surface area contributed by atoms with Crippen molar-refractivity contribution >= 4 is 29.1 Å². The molecule has 0 spiro atoms. The van der Waals surface area contributed by atoms with E-state index < -0.39 is 6.10 Å². The van der Waals surface area contributed by atoms with Crippen LogP contribution >= 0.6 is 11.6 Å². The Bertz CT molecular complexity index is 1020. The Morgan fingerprint density at radius 3 is 2.76 bits per heavy atom. The monoisotopic (exact) mass is 408 g/mol. The third kappa shape index (κ3) is 4.52. The summed E-state index contributed by atoms with van der Waals surface area (Å²) in [5.74, 6) is 1.50. The lowest BCUT2D eigenvalue weighted by Crippen LogP contribution is -2.31. The number of hydrogen-bond acceptors (Lipinski definition) is 5. The van der Waals surface area contributed by atoms with Gasteiger partial charge in [-0.25, -0.2) is 4.98 Å². The fraction of sp³-hybridized carbons (Fsp3) is 0.304. The summed E-state index contributed by atoms with van der Waals surface area (Å²) in [6.07, 6.45) is 1.33. The van der Waals surface area contributed by atoms with Crippen molar-refractivity contribution in [2.24, 2.45) is 0 Å². The van der Waals surface area contributed by atoms with Gasteiger partial charge in [0.1, 0.15) is 5.82 Å². The molecule has 0 unspecified atom stereocenters. The van der Waals surface area contributed by atoms with Crippen LogP contribution in [0.2, 0.25) is 5.02 Å². The molecule has 1 aliphatic rings. The second kappa shape index (κ2) is 8.39. The number of fused-ring (bicyclic) bond motifs is 1. The Hall–Kier alpha value is -2.63. The number of aliphatic hydroxyl groups is 1. The number of aryl methyl sites for hydroxylation is 1. The molecule has 0 saturated carbocycles. The van der Waals surface area contributed by atoms with Crippen molar-refractivity contribution < 1.29 is 5.11 Å². The molecule has 0 radical (unpaired) electrons. The van der Waals surface area contributed by atoms with E-state index in [4.69, 9.17) is 16.6 Å². The molecule has 4 rings (SSSR count). The minimum Gasteiger partial charge on any atom is -0.389 e. The van der Waals surface area contributed by atoms with Crippen molar-refractivity contribution in [3.05, 3.63) is 75.9 Å². The molecule has 0 bridgehead atoms. The first-order chi connectivity index (χ1) is 14.0. The van der Waals surface area contributed by atoms with Gasteiger partial charge in [-0.2, -0.15) is 4.98 Å². The third-order valence-electron chi connectivity index (χ3n) is 5.26. The number of benzene rings is 2. The minimum absolute atomic E-state index is 0.438. The summed E-state index contributed by atoms with van der Waals surface area (Å²) in [4.78, 5) is 11.7. The zero-order valence-electron chi connectivity index (χ0n) is 16.7. The van der Waals surface area contributed by atoms with E-state index >= 15 is 0 Å². The number of nitrogens with one attached hydrogen (secondary N) is 1. The first-order valence-electron chi connectivity index (χ1n) is 9.97. The highest BCUT2D eigenvalue weighted by molar-refractivity contribution is 6.30. The van der Waals surface area contributed by atoms with Gasteiger partial charge in [0.05, 0.1) is 6.10 Å². The summed E-state index contributed by atoms with van der Waals surface area (Å²) in [6.45, 7) is 5.58. The highest BCUT2D eigenvalue weighted by Crippen LogP contribution is 2.27. The van der Waals surface area contributed by atoms with Gasteiger partial charge in [-0.3, -0.25) is 0 Å². The fourth-order valence-corrected chi connectivity index (χ4v) is 3.80. The number of rotatable bonds is 5. The molecule has 1 aromatic heterocycles. The van der Waals surface area contributed by atoms with E-state index in [1.807, 2.05) is 30.3 Å². The number of hydrogen-bond donors (Lipinski definition) is 2. The van der Waals surface area contributed by atoms with E-state index in [1.165, 1.54) is 11.1 Å². The smallest absolute Gasteiger partial charge is 0.229 e. The SMILES string of the molecule is CCc1cc(N2CCc3cc([C@@H](C)O)ccc3C2)nc(Nc2cccc(Cl)c2)n1. The van der Waals surface area contributed by atoms with Crippen LogP contribution in [0.5, 0.6) is 0 Å². The van der Waals surface area contributed by atoms with Crippen LogP contribution in [0.3, 0.4) is 0 Å². The maximum Gasteiger partial charge on any atom is 0.229 e. The Morgan fingerprint density at radius 2 is 2.00 bits per heavy atom. The molecule has 2 heterocycles. The van der Waals surface area contributed by atoms with Crippen LogP contribution in [0, 0.1) is 0 Å². The van der Waals surface area contributed by atoms with Crippen molar-refractivity contribution in [3.63, 3.8) is 0 Å². The summed E-state index contributed by atoms with van der Waals surface area (Å²) < 4.78 is 0. The van der Waals surface area contributed by atoms with Gasteiger partial charge < -0.3 is 15.3 Å². The standard InChI is InChI=1S/C23H25ClN4O/c1-3-20-13-22(27-23(25-20)26-21-6-4-5-19(24)12-21)28-10-9-17-11-16(15(2)29)7-8-18(17)14-28/h4-8,11-13,15,29H,3,9-10,14H2,1-2H3,(H,25,26,27)/t15-/m1/s1. The first kappa shape index (κ1) is 19.7. The van der Waals surface area contributed by atoms with Crippen LogP contribution in [-0.2, 0) is 19.4 Å². The van der Waals surface area contributed by atoms with Gasteiger partial charge in [0.25, 0.3) is 0 Å². The molecule has 1 aliphatic heterocycles. The number of halogens is 1. The largest absolute Gasteiger partial charge is 0.389 e. The number of nitrogens with zero attached hydrogens (tertiary/aromatic N) is 3. The molecular weight excluding hydrogens is 384 g/mol. The van der Waals surface area contributed by atoms with Crippen LogP contribution in [0.1, 0.15) is 42.3 Å². The average molecular weight is 409 g/mol. The van der Waals surface area contributed by atoms with E-state index in [2.05, 4.69) is 40.3 Å². The molecule has 3 aromatic rings. The van der Waals surface area contributed by atoms with Crippen LogP contribution in [-0.4, -0.2) is 21.6 Å². The maximum atomic E-state index is 9.84. The predicted octanol–water partition coefficient (Wildman–Crippen LogP) is 5.05. The van der Waals surface area contributed by atoms with Crippen molar-refractivity contribution in [2.75, 3.05) is 16.8 Å². The zero-order chi connectivity index (χ0) is 20.4. The second-order valence-electron chi connectivity index (χ2n) is 7.41. The lowest BCUT2D eigenvalue weighted by Gasteiger charge is -2.30. The van der Waals surface area contributed by atoms with E-state index in [1.54, 1.807) is 6.92 Å². The van der Waals surface area contributed by atoms with Crippen molar-refractivity contribution in [3.8, 4) is 0 Å². The van der Waals surface area contributed by atoms with Crippen molar-refractivity contribution in [2.45, 2.75) is 39.3 Å². The topological polar surface area (TPSA) is 61.3 Å². The first-order valence-corrected chi connectivity index (χ1v) is 10.3. The summed E-state index contributed by atoms with van der Waals surface area (Å²) in [5.41, 5.74) is 5.42.